The lowest BCUT2D eigenvalue weighted by Gasteiger charge is -2.26. The lowest BCUT2D eigenvalue weighted by Crippen LogP contribution is -2.58. The van der Waals surface area contributed by atoms with E-state index in [9.17, 15) is 14.8 Å². The third-order valence-corrected chi connectivity index (χ3v) is 3.23. The molecule has 0 radical (unpaired) electrons. The molecule has 0 fully saturated rings. The van der Waals surface area contributed by atoms with Gasteiger partial charge in [0.15, 0.2) is 5.54 Å². The smallest absolute Gasteiger partial charge is 0.253 e. The molecule has 0 aromatic heterocycles. The molecule has 4 N–H and O–H groups in total. The van der Waals surface area contributed by atoms with Gasteiger partial charge in [-0.3, -0.25) is 9.59 Å². The van der Waals surface area contributed by atoms with E-state index < -0.39 is 11.4 Å². The summed E-state index contributed by atoms with van der Waals surface area (Å²) in [4.78, 5) is 25.0. The van der Waals surface area contributed by atoms with E-state index in [0.29, 0.717) is 11.1 Å². The van der Waals surface area contributed by atoms with Gasteiger partial charge in [-0.2, -0.15) is 5.48 Å². The maximum absolute atomic E-state index is 11.8. The Balaban J connectivity index is 3.09. The van der Waals surface area contributed by atoms with Crippen molar-refractivity contribution >= 4 is 17.5 Å². The molecular weight excluding hydrogens is 272 g/mol. The largest absolute Gasteiger partial charge is 0.357 e. The summed E-state index contributed by atoms with van der Waals surface area (Å²) >= 11 is 0. The lowest BCUT2D eigenvalue weighted by atomic mass is 9.89. The van der Waals surface area contributed by atoms with Gasteiger partial charge in [-0.1, -0.05) is 12.1 Å². The summed E-state index contributed by atoms with van der Waals surface area (Å²) in [5.41, 5.74) is 1.11. The van der Waals surface area contributed by atoms with Crippen LogP contribution in [0.15, 0.2) is 24.3 Å². The van der Waals surface area contributed by atoms with E-state index in [1.165, 1.54) is 18.9 Å². The van der Waals surface area contributed by atoms with Crippen LogP contribution in [-0.2, 0) is 4.79 Å². The lowest BCUT2D eigenvalue weighted by molar-refractivity contribution is -0.127. The standard InChI is InChI=1S/C14H20N4O3/c1-14(17-21,13(20)16-2)11(15)9-5-7-10(8-6-9)12(19)18(3)4/h5-8,15,17,21H,1-4H3,(H,16,20). The number of likely N-dealkylation sites (N-methyl/N-ethyl adjacent to an activating group) is 1. The minimum absolute atomic E-state index is 0.104. The van der Waals surface area contributed by atoms with Gasteiger partial charge in [0.05, 0.1) is 5.71 Å². The maximum atomic E-state index is 11.8. The second kappa shape index (κ2) is 6.47. The van der Waals surface area contributed by atoms with E-state index in [-0.39, 0.29) is 11.6 Å². The number of hydrogen-bond donors (Lipinski definition) is 4. The Morgan fingerprint density at radius 1 is 1.19 bits per heavy atom. The van der Waals surface area contributed by atoms with Crippen LogP contribution in [0.4, 0.5) is 0 Å². The van der Waals surface area contributed by atoms with Crippen LogP contribution in [0.5, 0.6) is 0 Å². The van der Waals surface area contributed by atoms with Gasteiger partial charge in [0.25, 0.3) is 5.91 Å². The highest BCUT2D eigenvalue weighted by Crippen LogP contribution is 2.15. The van der Waals surface area contributed by atoms with E-state index in [1.807, 2.05) is 5.48 Å². The molecule has 0 saturated heterocycles. The molecule has 1 unspecified atom stereocenters. The quantitative estimate of drug-likeness (QED) is 0.461. The molecule has 1 aromatic carbocycles. The molecule has 0 spiro atoms. The third-order valence-electron chi connectivity index (χ3n) is 3.23. The number of nitrogens with zero attached hydrogens (tertiary/aromatic N) is 1. The molecule has 1 atom stereocenters. The Morgan fingerprint density at radius 2 is 1.67 bits per heavy atom. The highest BCUT2D eigenvalue weighted by Gasteiger charge is 2.37. The predicted molar refractivity (Wildman–Crippen MR) is 78.7 cm³/mol. The minimum Gasteiger partial charge on any atom is -0.357 e. The SMILES string of the molecule is CNC(=O)C(C)(NO)C(=N)c1ccc(C(=O)N(C)C)cc1. The predicted octanol–water partition coefficient (Wildman–Crippen LogP) is 0.240. The monoisotopic (exact) mass is 292 g/mol. The molecule has 0 bridgehead atoms. The van der Waals surface area contributed by atoms with Crippen molar-refractivity contribution < 1.29 is 14.8 Å². The van der Waals surface area contributed by atoms with Crippen molar-refractivity contribution in [1.82, 2.24) is 15.7 Å². The van der Waals surface area contributed by atoms with Gasteiger partial charge < -0.3 is 20.8 Å². The number of hydrogen-bond acceptors (Lipinski definition) is 5. The molecule has 7 heteroatoms. The van der Waals surface area contributed by atoms with Crippen LogP contribution in [0.25, 0.3) is 0 Å². The maximum Gasteiger partial charge on any atom is 0.253 e. The van der Waals surface area contributed by atoms with Crippen LogP contribution in [0, 0.1) is 5.41 Å². The van der Waals surface area contributed by atoms with E-state index in [1.54, 1.807) is 38.4 Å². The van der Waals surface area contributed by atoms with Crippen LogP contribution in [0.2, 0.25) is 0 Å². The molecule has 21 heavy (non-hydrogen) atoms. The average Bonchev–Trinajstić information content (AvgIpc) is 2.51. The van der Waals surface area contributed by atoms with Gasteiger partial charge in [0.1, 0.15) is 0 Å². The molecule has 0 aliphatic carbocycles. The highest BCUT2D eigenvalue weighted by atomic mass is 16.5. The molecule has 0 aliphatic rings. The van der Waals surface area contributed by atoms with Gasteiger partial charge in [0, 0.05) is 26.7 Å². The first kappa shape index (κ1) is 16.8. The molecule has 0 heterocycles. The van der Waals surface area contributed by atoms with Crippen molar-refractivity contribution in [2.75, 3.05) is 21.1 Å². The molecule has 7 nitrogen and oxygen atoms in total. The van der Waals surface area contributed by atoms with Gasteiger partial charge >= 0.3 is 0 Å². The number of benzene rings is 1. The van der Waals surface area contributed by atoms with E-state index in [4.69, 9.17) is 5.41 Å². The fraction of sp³-hybridized carbons (Fsp3) is 0.357. The average molecular weight is 292 g/mol. The molecular formula is C14H20N4O3. The van der Waals surface area contributed by atoms with Gasteiger partial charge in [-0.05, 0) is 24.6 Å². The number of amides is 2. The summed E-state index contributed by atoms with van der Waals surface area (Å²) in [5, 5.41) is 19.7. The van der Waals surface area contributed by atoms with Crippen LogP contribution >= 0.6 is 0 Å². The molecule has 1 aromatic rings. The number of rotatable bonds is 5. The summed E-state index contributed by atoms with van der Waals surface area (Å²) in [6, 6.07) is 6.29. The fourth-order valence-electron chi connectivity index (χ4n) is 1.80. The first-order chi connectivity index (χ1) is 9.77. The van der Waals surface area contributed by atoms with Gasteiger partial charge in [-0.15, -0.1) is 0 Å². The van der Waals surface area contributed by atoms with E-state index in [2.05, 4.69) is 5.32 Å². The van der Waals surface area contributed by atoms with Crippen molar-refractivity contribution in [3.8, 4) is 0 Å². The summed E-state index contributed by atoms with van der Waals surface area (Å²) in [6.07, 6.45) is 0. The van der Waals surface area contributed by atoms with Crippen LogP contribution in [0.3, 0.4) is 0 Å². The number of carbonyl (C=O) groups is 2. The molecule has 2 amide bonds. The van der Waals surface area contributed by atoms with E-state index in [0.717, 1.165) is 0 Å². The molecule has 0 aliphatic heterocycles. The first-order valence-corrected chi connectivity index (χ1v) is 6.32. The van der Waals surface area contributed by atoms with Crippen LogP contribution < -0.4 is 10.8 Å². The second-order valence-corrected chi connectivity index (χ2v) is 4.97. The first-order valence-electron chi connectivity index (χ1n) is 6.32. The zero-order chi connectivity index (χ0) is 16.2. The summed E-state index contributed by atoms with van der Waals surface area (Å²) in [7, 11) is 4.72. The minimum atomic E-state index is -1.57. The zero-order valence-electron chi connectivity index (χ0n) is 12.5. The van der Waals surface area contributed by atoms with Crippen LogP contribution in [-0.4, -0.2) is 54.3 Å². The Kier molecular flexibility index (Phi) is 5.17. The Hall–Kier alpha value is -2.25. The molecule has 114 valence electrons. The summed E-state index contributed by atoms with van der Waals surface area (Å²) in [5.74, 6) is -0.689. The van der Waals surface area contributed by atoms with Crippen LogP contribution in [0.1, 0.15) is 22.8 Å². The highest BCUT2D eigenvalue weighted by molar-refractivity contribution is 6.18. The summed E-state index contributed by atoms with van der Waals surface area (Å²) < 4.78 is 0. The zero-order valence-corrected chi connectivity index (χ0v) is 12.5. The number of hydroxylamine groups is 1. The molecule has 0 saturated carbocycles. The van der Waals surface area contributed by atoms with Gasteiger partial charge in [-0.25, -0.2) is 0 Å². The van der Waals surface area contributed by atoms with E-state index >= 15 is 0 Å². The summed E-state index contributed by atoms with van der Waals surface area (Å²) in [6.45, 7) is 1.40. The Morgan fingerprint density at radius 3 is 2.05 bits per heavy atom. The van der Waals surface area contributed by atoms with Crippen molar-refractivity contribution in [3.05, 3.63) is 35.4 Å². The van der Waals surface area contributed by atoms with Crippen molar-refractivity contribution in [2.45, 2.75) is 12.5 Å². The van der Waals surface area contributed by atoms with Crippen molar-refractivity contribution in [3.63, 3.8) is 0 Å². The van der Waals surface area contributed by atoms with Gasteiger partial charge in [0.2, 0.25) is 5.91 Å². The topological polar surface area (TPSA) is 106 Å². The molecule has 1 rings (SSSR count). The second-order valence-electron chi connectivity index (χ2n) is 4.97. The number of nitrogens with one attached hydrogen (secondary N) is 3. The Labute approximate surface area is 123 Å². The Bertz CT molecular complexity index is 554. The van der Waals surface area contributed by atoms with Crippen molar-refractivity contribution in [2.24, 2.45) is 0 Å². The van der Waals surface area contributed by atoms with Crippen molar-refractivity contribution in [1.29, 1.82) is 5.41 Å². The fourth-order valence-corrected chi connectivity index (χ4v) is 1.80. The number of carbonyl (C=O) groups excluding carboxylic acids is 2. The normalized spacial score (nSPS) is 13.2. The third kappa shape index (κ3) is 3.26.